The van der Waals surface area contributed by atoms with Crippen LogP contribution in [0, 0.1) is 11.7 Å². The van der Waals surface area contributed by atoms with Crippen molar-refractivity contribution in [2.75, 3.05) is 26.7 Å². The fourth-order valence-corrected chi connectivity index (χ4v) is 3.37. The highest BCUT2D eigenvalue weighted by molar-refractivity contribution is 5.93. The Morgan fingerprint density at radius 3 is 2.38 bits per heavy atom. The van der Waals surface area contributed by atoms with E-state index in [9.17, 15) is 22.4 Å². The first-order chi connectivity index (χ1) is 13.3. The second kappa shape index (κ2) is 9.53. The Balaban J connectivity index is 0.00000300. The van der Waals surface area contributed by atoms with Crippen molar-refractivity contribution in [2.45, 2.75) is 25.4 Å². The van der Waals surface area contributed by atoms with Crippen LogP contribution in [-0.4, -0.2) is 52.5 Å². The molecule has 0 atom stereocenters. The average molecular weight is 436 g/mol. The molecule has 29 heavy (non-hydrogen) atoms. The number of piperidine rings is 1. The molecule has 1 fully saturated rings. The van der Waals surface area contributed by atoms with Gasteiger partial charge >= 0.3 is 6.18 Å². The average Bonchev–Trinajstić information content (AvgIpc) is 3.12. The Labute approximate surface area is 171 Å². The monoisotopic (exact) mass is 435 g/mol. The number of aromatic nitrogens is 3. The lowest BCUT2D eigenvalue weighted by atomic mass is 9.93. The predicted octanol–water partition coefficient (Wildman–Crippen LogP) is 3.31. The van der Waals surface area contributed by atoms with Gasteiger partial charge in [-0.25, -0.2) is 9.07 Å². The van der Waals surface area contributed by atoms with Crippen LogP contribution in [0.5, 0.6) is 0 Å². The lowest BCUT2D eigenvalue weighted by molar-refractivity contribution is -0.143. The molecule has 1 aliphatic rings. The summed E-state index contributed by atoms with van der Waals surface area (Å²) in [7, 11) is 1.86. The third-order valence-electron chi connectivity index (χ3n) is 4.92. The first kappa shape index (κ1) is 23.1. The molecule has 1 saturated heterocycles. The number of nitrogens with zero attached hydrogens (tertiary/aromatic N) is 4. The van der Waals surface area contributed by atoms with Crippen molar-refractivity contribution >= 4 is 18.3 Å². The Bertz CT molecular complexity index is 817. The fourth-order valence-electron chi connectivity index (χ4n) is 3.37. The van der Waals surface area contributed by atoms with Crippen molar-refractivity contribution in [3.05, 3.63) is 41.5 Å². The second-order valence-corrected chi connectivity index (χ2v) is 6.80. The van der Waals surface area contributed by atoms with Crippen molar-refractivity contribution in [2.24, 2.45) is 5.92 Å². The molecule has 1 aliphatic heterocycles. The number of halogens is 5. The van der Waals surface area contributed by atoms with Gasteiger partial charge in [0.25, 0.3) is 5.91 Å². The van der Waals surface area contributed by atoms with E-state index in [0.717, 1.165) is 50.1 Å². The molecule has 1 aromatic carbocycles. The zero-order valence-electron chi connectivity index (χ0n) is 15.7. The predicted molar refractivity (Wildman–Crippen MR) is 101 cm³/mol. The van der Waals surface area contributed by atoms with Crippen molar-refractivity contribution < 1.29 is 22.4 Å². The summed E-state index contributed by atoms with van der Waals surface area (Å²) in [6.45, 7) is 1.63. The number of hydrogen-bond acceptors (Lipinski definition) is 4. The lowest BCUT2D eigenvalue weighted by Crippen LogP contribution is -2.40. The maximum absolute atomic E-state index is 13.7. The molecule has 1 amide bonds. The summed E-state index contributed by atoms with van der Waals surface area (Å²) >= 11 is 0. The Hall–Kier alpha value is -2.20. The molecule has 1 N–H and O–H groups in total. The number of nitrogens with one attached hydrogen (secondary N) is 1. The molecule has 2 aromatic rings. The lowest BCUT2D eigenvalue weighted by Gasteiger charge is -2.31. The zero-order chi connectivity index (χ0) is 20.3. The number of carbonyl (C=O) groups is 1. The van der Waals surface area contributed by atoms with Crippen molar-refractivity contribution in [1.29, 1.82) is 0 Å². The van der Waals surface area contributed by atoms with Crippen LogP contribution >= 0.6 is 12.4 Å². The molecule has 1 aromatic heterocycles. The molecule has 0 spiro atoms. The summed E-state index contributed by atoms with van der Waals surface area (Å²) in [4.78, 5) is 14.1. The standard InChI is InChI=1S/C18H21F4N5O.ClH/c1-23-9-6-12-7-10-26(11-8-12)17(28)15-16(18(20,21)22)27(25-24-15)14-4-2-13(19)3-5-14;/h2-5,12,23H,6-11H2,1H3;1H. The van der Waals surface area contributed by atoms with Crippen LogP contribution in [0.2, 0.25) is 0 Å². The molecule has 0 saturated carbocycles. The van der Waals surface area contributed by atoms with E-state index in [4.69, 9.17) is 0 Å². The van der Waals surface area contributed by atoms with E-state index in [1.165, 1.54) is 4.90 Å². The second-order valence-electron chi connectivity index (χ2n) is 6.80. The Morgan fingerprint density at radius 2 is 1.83 bits per heavy atom. The highest BCUT2D eigenvalue weighted by atomic mass is 35.5. The summed E-state index contributed by atoms with van der Waals surface area (Å²) in [6.07, 6.45) is -2.40. The summed E-state index contributed by atoms with van der Waals surface area (Å²) in [5.74, 6) is -0.934. The minimum atomic E-state index is -4.84. The van der Waals surface area contributed by atoms with Crippen LogP contribution in [0.3, 0.4) is 0 Å². The number of carbonyl (C=O) groups excluding carboxylic acids is 1. The number of likely N-dealkylation sites (tertiary alicyclic amines) is 1. The third kappa shape index (κ3) is 5.24. The minimum Gasteiger partial charge on any atom is -0.337 e. The van der Waals surface area contributed by atoms with E-state index in [1.54, 1.807) is 0 Å². The van der Waals surface area contributed by atoms with E-state index in [0.29, 0.717) is 23.7 Å². The smallest absolute Gasteiger partial charge is 0.337 e. The van der Waals surface area contributed by atoms with E-state index >= 15 is 0 Å². The Kier molecular flexibility index (Phi) is 7.59. The van der Waals surface area contributed by atoms with Crippen LogP contribution in [0.4, 0.5) is 17.6 Å². The number of rotatable bonds is 5. The fraction of sp³-hybridized carbons (Fsp3) is 0.500. The Morgan fingerprint density at radius 1 is 1.21 bits per heavy atom. The van der Waals surface area contributed by atoms with E-state index in [1.807, 2.05) is 7.05 Å². The van der Waals surface area contributed by atoms with Gasteiger partial charge in [-0.3, -0.25) is 4.79 Å². The molecule has 3 rings (SSSR count). The van der Waals surface area contributed by atoms with Crippen LogP contribution in [0.25, 0.3) is 5.69 Å². The van der Waals surface area contributed by atoms with Gasteiger partial charge in [-0.1, -0.05) is 5.21 Å². The van der Waals surface area contributed by atoms with Gasteiger partial charge in [0.05, 0.1) is 5.69 Å². The van der Waals surface area contributed by atoms with Gasteiger partial charge in [-0.05, 0) is 63.0 Å². The largest absolute Gasteiger partial charge is 0.435 e. The van der Waals surface area contributed by atoms with Crippen LogP contribution in [-0.2, 0) is 6.18 Å². The topological polar surface area (TPSA) is 63.1 Å². The summed E-state index contributed by atoms with van der Waals surface area (Å²) in [6, 6.07) is 4.35. The van der Waals surface area contributed by atoms with Crippen LogP contribution in [0.1, 0.15) is 35.4 Å². The van der Waals surface area contributed by atoms with Gasteiger partial charge in [0, 0.05) is 13.1 Å². The van der Waals surface area contributed by atoms with Crippen LogP contribution < -0.4 is 5.32 Å². The molecule has 0 aliphatic carbocycles. The maximum Gasteiger partial charge on any atom is 0.435 e. The molecule has 160 valence electrons. The summed E-state index contributed by atoms with van der Waals surface area (Å²) in [5.41, 5.74) is -2.00. The highest BCUT2D eigenvalue weighted by Crippen LogP contribution is 2.34. The van der Waals surface area contributed by atoms with Gasteiger partial charge in [0.15, 0.2) is 11.4 Å². The van der Waals surface area contributed by atoms with Crippen molar-refractivity contribution in [3.8, 4) is 5.69 Å². The van der Waals surface area contributed by atoms with Crippen molar-refractivity contribution in [3.63, 3.8) is 0 Å². The number of alkyl halides is 3. The summed E-state index contributed by atoms with van der Waals surface area (Å²) in [5, 5.41) is 10.1. The number of benzene rings is 1. The molecule has 0 bridgehead atoms. The van der Waals surface area contributed by atoms with E-state index in [-0.39, 0.29) is 18.1 Å². The molecular weight excluding hydrogens is 414 g/mol. The highest BCUT2D eigenvalue weighted by Gasteiger charge is 2.43. The molecular formula is C18H22ClF4N5O. The van der Waals surface area contributed by atoms with Gasteiger partial charge in [0.2, 0.25) is 0 Å². The zero-order valence-corrected chi connectivity index (χ0v) is 16.6. The van der Waals surface area contributed by atoms with Gasteiger partial charge < -0.3 is 10.2 Å². The van der Waals surface area contributed by atoms with Gasteiger partial charge in [-0.15, -0.1) is 17.5 Å². The molecule has 11 heteroatoms. The normalized spacial score (nSPS) is 15.3. The summed E-state index contributed by atoms with van der Waals surface area (Å²) < 4.78 is 54.7. The van der Waals surface area contributed by atoms with E-state index < -0.39 is 29.3 Å². The minimum absolute atomic E-state index is 0. The first-order valence-corrected chi connectivity index (χ1v) is 9.04. The van der Waals surface area contributed by atoms with Crippen molar-refractivity contribution in [1.82, 2.24) is 25.2 Å². The van der Waals surface area contributed by atoms with E-state index in [2.05, 4.69) is 15.6 Å². The maximum atomic E-state index is 13.7. The molecule has 0 unspecified atom stereocenters. The number of amides is 1. The SMILES string of the molecule is CNCCC1CCN(C(=O)c2nnn(-c3ccc(F)cc3)c2C(F)(F)F)CC1.Cl. The van der Waals surface area contributed by atoms with Crippen LogP contribution in [0.15, 0.2) is 24.3 Å². The first-order valence-electron chi connectivity index (χ1n) is 9.04. The van der Waals surface area contributed by atoms with Gasteiger partial charge in [-0.2, -0.15) is 13.2 Å². The van der Waals surface area contributed by atoms with Gasteiger partial charge in [0.1, 0.15) is 5.82 Å². The molecule has 0 radical (unpaired) electrons. The quantitative estimate of drug-likeness (QED) is 0.732. The number of hydrogen-bond donors (Lipinski definition) is 1. The molecule has 2 heterocycles. The third-order valence-corrected chi connectivity index (χ3v) is 4.92. The molecule has 6 nitrogen and oxygen atoms in total.